The predicted octanol–water partition coefficient (Wildman–Crippen LogP) is 1.65. The molecule has 0 saturated carbocycles. The van der Waals surface area contributed by atoms with E-state index >= 15 is 0 Å². The zero-order chi connectivity index (χ0) is 12.7. The number of nitrogens with one attached hydrogen (secondary N) is 1. The Morgan fingerprint density at radius 3 is 2.65 bits per heavy atom. The van der Waals surface area contributed by atoms with Gasteiger partial charge in [0.15, 0.2) is 0 Å². The van der Waals surface area contributed by atoms with Gasteiger partial charge in [0.2, 0.25) is 5.91 Å². The fourth-order valence-corrected chi connectivity index (χ4v) is 1.43. The average molecular weight is 239 g/mol. The zero-order valence-corrected chi connectivity index (χ0v) is 9.95. The van der Waals surface area contributed by atoms with Crippen molar-refractivity contribution in [3.63, 3.8) is 0 Å². The van der Waals surface area contributed by atoms with Crippen LogP contribution in [-0.2, 0) is 11.2 Å². The molecule has 2 N–H and O–H groups in total. The Hall–Kier alpha value is -1.42. The highest BCUT2D eigenvalue weighted by Crippen LogP contribution is 2.03. The summed E-state index contributed by atoms with van der Waals surface area (Å²) >= 11 is 0. The van der Waals surface area contributed by atoms with E-state index < -0.39 is 0 Å². The molecule has 0 aliphatic rings. The standard InChI is InChI=1S/C13H18FNO2/c1-2-12(16)7-8-15-13(17)9-10-3-5-11(14)6-4-10/h3-6,12,16H,2,7-9H2,1H3,(H,15,17). The summed E-state index contributed by atoms with van der Waals surface area (Å²) < 4.78 is 12.6. The predicted molar refractivity (Wildman–Crippen MR) is 64.0 cm³/mol. The van der Waals surface area contributed by atoms with Gasteiger partial charge >= 0.3 is 0 Å². The Balaban J connectivity index is 2.27. The van der Waals surface area contributed by atoms with E-state index in [1.807, 2.05) is 6.92 Å². The van der Waals surface area contributed by atoms with E-state index in [1.165, 1.54) is 12.1 Å². The maximum atomic E-state index is 12.6. The summed E-state index contributed by atoms with van der Waals surface area (Å²) in [5.41, 5.74) is 0.778. The van der Waals surface area contributed by atoms with Gasteiger partial charge in [0.25, 0.3) is 0 Å². The number of benzene rings is 1. The van der Waals surface area contributed by atoms with Crippen molar-refractivity contribution in [2.24, 2.45) is 0 Å². The summed E-state index contributed by atoms with van der Waals surface area (Å²) in [6.45, 7) is 2.36. The van der Waals surface area contributed by atoms with Crippen LogP contribution in [0.3, 0.4) is 0 Å². The molecule has 17 heavy (non-hydrogen) atoms. The van der Waals surface area contributed by atoms with Crippen LogP contribution in [0, 0.1) is 5.82 Å². The molecule has 1 atom stereocenters. The van der Waals surface area contributed by atoms with Crippen molar-refractivity contribution in [2.75, 3.05) is 6.54 Å². The molecule has 1 aromatic rings. The molecule has 0 aliphatic heterocycles. The monoisotopic (exact) mass is 239 g/mol. The van der Waals surface area contributed by atoms with E-state index in [0.717, 1.165) is 5.56 Å². The molecule has 1 aromatic carbocycles. The summed E-state index contributed by atoms with van der Waals surface area (Å²) in [5.74, 6) is -0.417. The van der Waals surface area contributed by atoms with Gasteiger partial charge in [0.05, 0.1) is 12.5 Å². The highest BCUT2D eigenvalue weighted by Gasteiger charge is 2.05. The van der Waals surface area contributed by atoms with Gasteiger partial charge in [-0.15, -0.1) is 0 Å². The van der Waals surface area contributed by atoms with Crippen molar-refractivity contribution in [1.82, 2.24) is 5.32 Å². The Morgan fingerprint density at radius 1 is 1.41 bits per heavy atom. The molecule has 0 radical (unpaired) electrons. The molecule has 0 aliphatic carbocycles. The lowest BCUT2D eigenvalue weighted by molar-refractivity contribution is -0.120. The summed E-state index contributed by atoms with van der Waals surface area (Å²) in [5, 5.41) is 12.0. The van der Waals surface area contributed by atoms with Gasteiger partial charge in [-0.3, -0.25) is 4.79 Å². The van der Waals surface area contributed by atoms with Gasteiger partial charge in [0, 0.05) is 6.54 Å². The molecule has 4 heteroatoms. The van der Waals surface area contributed by atoms with Crippen molar-refractivity contribution in [1.29, 1.82) is 0 Å². The lowest BCUT2D eigenvalue weighted by Crippen LogP contribution is -2.28. The number of aliphatic hydroxyl groups is 1. The number of carbonyl (C=O) groups excluding carboxylic acids is 1. The number of carbonyl (C=O) groups is 1. The van der Waals surface area contributed by atoms with Crippen LogP contribution >= 0.6 is 0 Å². The van der Waals surface area contributed by atoms with Crippen LogP contribution in [0.4, 0.5) is 4.39 Å². The highest BCUT2D eigenvalue weighted by atomic mass is 19.1. The third-order valence-corrected chi connectivity index (χ3v) is 2.55. The average Bonchev–Trinajstić information content (AvgIpc) is 2.32. The molecular formula is C13H18FNO2. The minimum absolute atomic E-state index is 0.111. The maximum Gasteiger partial charge on any atom is 0.224 e. The SMILES string of the molecule is CCC(O)CCNC(=O)Cc1ccc(F)cc1. The van der Waals surface area contributed by atoms with E-state index in [1.54, 1.807) is 12.1 Å². The molecule has 1 rings (SSSR count). The van der Waals surface area contributed by atoms with Crippen LogP contribution in [-0.4, -0.2) is 23.7 Å². The lowest BCUT2D eigenvalue weighted by Gasteiger charge is -2.08. The summed E-state index contributed by atoms with van der Waals surface area (Å²) in [6.07, 6.45) is 1.13. The number of hydrogen-bond donors (Lipinski definition) is 2. The van der Waals surface area contributed by atoms with Gasteiger partial charge < -0.3 is 10.4 Å². The fourth-order valence-electron chi connectivity index (χ4n) is 1.43. The second-order valence-electron chi connectivity index (χ2n) is 4.00. The highest BCUT2D eigenvalue weighted by molar-refractivity contribution is 5.78. The van der Waals surface area contributed by atoms with Gasteiger partial charge in [-0.05, 0) is 30.5 Å². The summed E-state index contributed by atoms with van der Waals surface area (Å²) in [7, 11) is 0. The Morgan fingerprint density at radius 2 is 2.06 bits per heavy atom. The first-order chi connectivity index (χ1) is 8.11. The van der Waals surface area contributed by atoms with Crippen molar-refractivity contribution < 1.29 is 14.3 Å². The van der Waals surface area contributed by atoms with Crippen molar-refractivity contribution in [2.45, 2.75) is 32.3 Å². The van der Waals surface area contributed by atoms with E-state index in [-0.39, 0.29) is 24.2 Å². The van der Waals surface area contributed by atoms with Gasteiger partial charge in [-0.2, -0.15) is 0 Å². The number of hydrogen-bond acceptors (Lipinski definition) is 2. The molecule has 0 bridgehead atoms. The first-order valence-corrected chi connectivity index (χ1v) is 5.81. The van der Waals surface area contributed by atoms with Crippen molar-refractivity contribution in [3.8, 4) is 0 Å². The number of aliphatic hydroxyl groups excluding tert-OH is 1. The van der Waals surface area contributed by atoms with Crippen LogP contribution in [0.1, 0.15) is 25.3 Å². The lowest BCUT2D eigenvalue weighted by atomic mass is 10.1. The van der Waals surface area contributed by atoms with Crippen LogP contribution in [0.5, 0.6) is 0 Å². The van der Waals surface area contributed by atoms with Crippen molar-refractivity contribution in [3.05, 3.63) is 35.6 Å². The molecule has 3 nitrogen and oxygen atoms in total. The van der Waals surface area contributed by atoms with E-state index in [9.17, 15) is 14.3 Å². The molecule has 94 valence electrons. The van der Waals surface area contributed by atoms with Gasteiger partial charge in [-0.25, -0.2) is 4.39 Å². The molecule has 1 amide bonds. The molecule has 0 fully saturated rings. The molecule has 1 unspecified atom stereocenters. The smallest absolute Gasteiger partial charge is 0.224 e. The maximum absolute atomic E-state index is 12.6. The topological polar surface area (TPSA) is 49.3 Å². The largest absolute Gasteiger partial charge is 0.393 e. The first-order valence-electron chi connectivity index (χ1n) is 5.81. The normalized spacial score (nSPS) is 12.2. The second-order valence-corrected chi connectivity index (χ2v) is 4.00. The summed E-state index contributed by atoms with van der Waals surface area (Å²) in [4.78, 5) is 11.5. The molecule has 0 spiro atoms. The number of halogens is 1. The van der Waals surface area contributed by atoms with Crippen LogP contribution in [0.2, 0.25) is 0 Å². The first kappa shape index (κ1) is 13.6. The number of amides is 1. The van der Waals surface area contributed by atoms with Crippen LogP contribution < -0.4 is 5.32 Å². The van der Waals surface area contributed by atoms with E-state index in [4.69, 9.17) is 0 Å². The fraction of sp³-hybridized carbons (Fsp3) is 0.462. The molecule has 0 aromatic heterocycles. The molecular weight excluding hydrogens is 221 g/mol. The Labute approximate surface area is 101 Å². The third-order valence-electron chi connectivity index (χ3n) is 2.55. The minimum atomic E-state index is -0.360. The zero-order valence-electron chi connectivity index (χ0n) is 9.95. The van der Waals surface area contributed by atoms with Crippen LogP contribution in [0.25, 0.3) is 0 Å². The quantitative estimate of drug-likeness (QED) is 0.793. The minimum Gasteiger partial charge on any atom is -0.393 e. The Bertz CT molecular complexity index is 351. The van der Waals surface area contributed by atoms with Gasteiger partial charge in [0.1, 0.15) is 5.82 Å². The van der Waals surface area contributed by atoms with Crippen molar-refractivity contribution >= 4 is 5.91 Å². The number of rotatable bonds is 6. The molecule has 0 heterocycles. The Kier molecular flexibility index (Phi) is 5.63. The second kappa shape index (κ2) is 7.01. The van der Waals surface area contributed by atoms with E-state index in [2.05, 4.69) is 5.32 Å². The van der Waals surface area contributed by atoms with Crippen LogP contribution in [0.15, 0.2) is 24.3 Å². The summed E-state index contributed by atoms with van der Waals surface area (Å²) in [6, 6.07) is 5.86. The third kappa shape index (κ3) is 5.45. The van der Waals surface area contributed by atoms with Gasteiger partial charge in [-0.1, -0.05) is 19.1 Å². The van der Waals surface area contributed by atoms with E-state index in [0.29, 0.717) is 19.4 Å². The molecule has 0 saturated heterocycles.